The van der Waals surface area contributed by atoms with Crippen molar-refractivity contribution in [1.82, 2.24) is 9.97 Å². The first-order valence-electron chi connectivity index (χ1n) is 2.84. The van der Waals surface area contributed by atoms with Crippen molar-refractivity contribution in [2.45, 2.75) is 20.3 Å². The van der Waals surface area contributed by atoms with Crippen molar-refractivity contribution in [2.75, 3.05) is 0 Å². The minimum atomic E-state index is 0. The summed E-state index contributed by atoms with van der Waals surface area (Å²) in [7, 11) is 0. The van der Waals surface area contributed by atoms with E-state index in [1.54, 1.807) is 0 Å². The Kier molecular flexibility index (Phi) is 3.32. The van der Waals surface area contributed by atoms with Crippen molar-refractivity contribution in [2.24, 2.45) is 0 Å². The van der Waals surface area contributed by atoms with Gasteiger partial charge >= 0.3 is 0 Å². The molecular formula is C6H11ClN2. The van der Waals surface area contributed by atoms with Gasteiger partial charge in [-0.1, -0.05) is 6.92 Å². The molecule has 0 spiro atoms. The van der Waals surface area contributed by atoms with Crippen molar-refractivity contribution < 1.29 is 0 Å². The maximum absolute atomic E-state index is 4.17. The molecule has 1 rings (SSSR count). The molecule has 52 valence electrons. The van der Waals surface area contributed by atoms with Crippen molar-refractivity contribution in [3.8, 4) is 0 Å². The van der Waals surface area contributed by atoms with Gasteiger partial charge in [0.15, 0.2) is 0 Å². The standard InChI is InChI=1S/C6H10N2.ClH/c1-3-6-4-7-5(2)8-6;/h4H,3H2,1-2H3,(H,7,8);1H. The van der Waals surface area contributed by atoms with Crippen LogP contribution in [0.25, 0.3) is 0 Å². The van der Waals surface area contributed by atoms with Gasteiger partial charge in [0.25, 0.3) is 0 Å². The maximum atomic E-state index is 4.17. The van der Waals surface area contributed by atoms with Crippen molar-refractivity contribution in [1.29, 1.82) is 0 Å². The summed E-state index contributed by atoms with van der Waals surface area (Å²) >= 11 is 0. The lowest BCUT2D eigenvalue weighted by molar-refractivity contribution is 1.04. The van der Waals surface area contributed by atoms with Gasteiger partial charge in [0, 0.05) is 6.20 Å². The van der Waals surface area contributed by atoms with Gasteiger partial charge in [0.2, 0.25) is 0 Å². The summed E-state index contributed by atoms with van der Waals surface area (Å²) in [5, 5.41) is 0. The van der Waals surface area contributed by atoms with E-state index in [0.717, 1.165) is 17.9 Å². The van der Waals surface area contributed by atoms with Gasteiger partial charge in [-0.05, 0) is 13.3 Å². The van der Waals surface area contributed by atoms with Gasteiger partial charge in [-0.2, -0.15) is 0 Å². The van der Waals surface area contributed by atoms with Crippen LogP contribution in [-0.4, -0.2) is 9.97 Å². The SMILES string of the molecule is CCc1c[nH]c(C)n1.Cl. The molecule has 1 aromatic rings. The van der Waals surface area contributed by atoms with Crippen LogP contribution in [0.5, 0.6) is 0 Å². The number of halogens is 1. The Hall–Kier alpha value is -0.500. The van der Waals surface area contributed by atoms with E-state index < -0.39 is 0 Å². The van der Waals surface area contributed by atoms with Gasteiger partial charge in [0.05, 0.1) is 5.69 Å². The molecule has 2 nitrogen and oxygen atoms in total. The van der Waals surface area contributed by atoms with E-state index in [0.29, 0.717) is 0 Å². The predicted molar refractivity (Wildman–Crippen MR) is 40.0 cm³/mol. The van der Waals surface area contributed by atoms with Crippen molar-refractivity contribution >= 4 is 12.4 Å². The van der Waals surface area contributed by atoms with Crippen molar-refractivity contribution in [3.05, 3.63) is 17.7 Å². The van der Waals surface area contributed by atoms with Crippen LogP contribution in [0.3, 0.4) is 0 Å². The van der Waals surface area contributed by atoms with Crippen LogP contribution < -0.4 is 0 Å². The number of H-pyrrole nitrogens is 1. The second kappa shape index (κ2) is 3.51. The summed E-state index contributed by atoms with van der Waals surface area (Å²) in [6.45, 7) is 4.05. The van der Waals surface area contributed by atoms with Gasteiger partial charge in [-0.25, -0.2) is 4.98 Å². The third kappa shape index (κ3) is 2.06. The van der Waals surface area contributed by atoms with E-state index in [2.05, 4.69) is 16.9 Å². The quantitative estimate of drug-likeness (QED) is 0.642. The third-order valence-electron chi connectivity index (χ3n) is 1.12. The summed E-state index contributed by atoms with van der Waals surface area (Å²) < 4.78 is 0. The number of nitrogens with one attached hydrogen (secondary N) is 1. The molecule has 0 saturated carbocycles. The van der Waals surface area contributed by atoms with E-state index in [1.807, 2.05) is 13.1 Å². The Morgan fingerprint density at radius 2 is 2.33 bits per heavy atom. The van der Waals surface area contributed by atoms with E-state index in [-0.39, 0.29) is 12.4 Å². The molecule has 1 aromatic heterocycles. The monoisotopic (exact) mass is 146 g/mol. The number of imidazole rings is 1. The molecule has 0 bridgehead atoms. The lowest BCUT2D eigenvalue weighted by Gasteiger charge is -1.79. The fourth-order valence-corrected chi connectivity index (χ4v) is 0.649. The highest BCUT2D eigenvalue weighted by Gasteiger charge is 1.89. The molecule has 1 heterocycles. The van der Waals surface area contributed by atoms with Crippen LogP contribution in [0.2, 0.25) is 0 Å². The highest BCUT2D eigenvalue weighted by molar-refractivity contribution is 5.85. The molecule has 1 N–H and O–H groups in total. The Bertz CT molecular complexity index is 171. The fourth-order valence-electron chi connectivity index (χ4n) is 0.649. The zero-order chi connectivity index (χ0) is 5.98. The van der Waals surface area contributed by atoms with E-state index >= 15 is 0 Å². The normalized spacial score (nSPS) is 8.67. The van der Waals surface area contributed by atoms with Gasteiger partial charge in [-0.15, -0.1) is 12.4 Å². The van der Waals surface area contributed by atoms with Gasteiger partial charge in [-0.3, -0.25) is 0 Å². The minimum absolute atomic E-state index is 0. The summed E-state index contributed by atoms with van der Waals surface area (Å²) in [5.74, 6) is 1.00. The van der Waals surface area contributed by atoms with Crippen LogP contribution in [0, 0.1) is 6.92 Å². The molecular weight excluding hydrogens is 136 g/mol. The Morgan fingerprint density at radius 1 is 1.67 bits per heavy atom. The number of aromatic nitrogens is 2. The van der Waals surface area contributed by atoms with Gasteiger partial charge < -0.3 is 4.98 Å². The number of hydrogen-bond donors (Lipinski definition) is 1. The molecule has 0 atom stereocenters. The van der Waals surface area contributed by atoms with Crippen LogP contribution in [0.1, 0.15) is 18.4 Å². The topological polar surface area (TPSA) is 28.7 Å². The van der Waals surface area contributed by atoms with Crippen LogP contribution in [0.15, 0.2) is 6.20 Å². The smallest absolute Gasteiger partial charge is 0.103 e. The molecule has 0 aromatic carbocycles. The minimum Gasteiger partial charge on any atom is -0.349 e. The Morgan fingerprint density at radius 3 is 2.56 bits per heavy atom. The molecule has 0 unspecified atom stereocenters. The first-order chi connectivity index (χ1) is 3.83. The van der Waals surface area contributed by atoms with E-state index in [9.17, 15) is 0 Å². The van der Waals surface area contributed by atoms with Crippen LogP contribution in [-0.2, 0) is 6.42 Å². The highest BCUT2D eigenvalue weighted by atomic mass is 35.5. The second-order valence-corrected chi connectivity index (χ2v) is 1.83. The molecule has 0 fully saturated rings. The average Bonchev–Trinajstić information content (AvgIpc) is 2.14. The third-order valence-corrected chi connectivity index (χ3v) is 1.12. The molecule has 0 aliphatic heterocycles. The summed E-state index contributed by atoms with van der Waals surface area (Å²) in [5.41, 5.74) is 1.14. The molecule has 0 radical (unpaired) electrons. The number of nitrogens with zero attached hydrogens (tertiary/aromatic N) is 1. The van der Waals surface area contributed by atoms with E-state index in [1.165, 1.54) is 0 Å². The second-order valence-electron chi connectivity index (χ2n) is 1.83. The summed E-state index contributed by atoms with van der Waals surface area (Å²) in [6.07, 6.45) is 2.96. The fraction of sp³-hybridized carbons (Fsp3) is 0.500. The number of hydrogen-bond acceptors (Lipinski definition) is 1. The maximum Gasteiger partial charge on any atom is 0.103 e. The number of rotatable bonds is 1. The lowest BCUT2D eigenvalue weighted by atomic mass is 10.4. The van der Waals surface area contributed by atoms with Crippen LogP contribution in [0.4, 0.5) is 0 Å². The number of aryl methyl sites for hydroxylation is 2. The zero-order valence-electron chi connectivity index (χ0n) is 5.64. The molecule has 0 saturated heterocycles. The predicted octanol–water partition coefficient (Wildman–Crippen LogP) is 1.70. The molecule has 0 aliphatic carbocycles. The molecule has 0 aliphatic rings. The number of aromatic amines is 1. The molecule has 9 heavy (non-hydrogen) atoms. The van der Waals surface area contributed by atoms with Gasteiger partial charge in [0.1, 0.15) is 5.82 Å². The van der Waals surface area contributed by atoms with E-state index in [4.69, 9.17) is 0 Å². The zero-order valence-corrected chi connectivity index (χ0v) is 6.46. The van der Waals surface area contributed by atoms with Crippen molar-refractivity contribution in [3.63, 3.8) is 0 Å². The summed E-state index contributed by atoms with van der Waals surface area (Å²) in [6, 6.07) is 0. The largest absolute Gasteiger partial charge is 0.349 e. The lowest BCUT2D eigenvalue weighted by Crippen LogP contribution is -1.76. The van der Waals surface area contributed by atoms with Crippen LogP contribution >= 0.6 is 12.4 Å². The average molecular weight is 147 g/mol. The summed E-state index contributed by atoms with van der Waals surface area (Å²) in [4.78, 5) is 7.18. The highest BCUT2D eigenvalue weighted by Crippen LogP contribution is 1.94. The first kappa shape index (κ1) is 8.50. The molecule has 3 heteroatoms. The Balaban J connectivity index is 0.000000640. The first-order valence-corrected chi connectivity index (χ1v) is 2.84. The Labute approximate surface area is 61.1 Å². The molecule has 0 amide bonds.